The lowest BCUT2D eigenvalue weighted by molar-refractivity contribution is 0.539. The van der Waals surface area contributed by atoms with Crippen LogP contribution >= 0.6 is 0 Å². The van der Waals surface area contributed by atoms with Gasteiger partial charge in [-0.3, -0.25) is 5.10 Å². The van der Waals surface area contributed by atoms with Gasteiger partial charge in [-0.1, -0.05) is 13.3 Å². The first-order valence-electron chi connectivity index (χ1n) is 5.26. The van der Waals surface area contributed by atoms with Crippen molar-refractivity contribution in [2.24, 2.45) is 5.73 Å². The Bertz CT molecular complexity index is 426. The molecule has 0 saturated heterocycles. The van der Waals surface area contributed by atoms with E-state index in [4.69, 9.17) is 5.73 Å². The van der Waals surface area contributed by atoms with Gasteiger partial charge < -0.3 is 5.73 Å². The van der Waals surface area contributed by atoms with Crippen LogP contribution < -0.4 is 10.5 Å². The Labute approximate surface area is 95.7 Å². The Morgan fingerprint density at radius 1 is 1.62 bits per heavy atom. The molecule has 1 heterocycles. The first-order chi connectivity index (χ1) is 7.51. The molecule has 4 N–H and O–H groups in total. The summed E-state index contributed by atoms with van der Waals surface area (Å²) < 4.78 is 26.4. The maximum atomic E-state index is 11.9. The van der Waals surface area contributed by atoms with Gasteiger partial charge in [-0.05, 0) is 13.3 Å². The molecule has 0 aliphatic rings. The molecule has 7 heteroatoms. The largest absolute Gasteiger partial charge is 0.326 e. The van der Waals surface area contributed by atoms with Gasteiger partial charge in [-0.25, -0.2) is 13.1 Å². The fourth-order valence-electron chi connectivity index (χ4n) is 1.49. The second kappa shape index (κ2) is 5.42. The number of aromatic amines is 1. The van der Waals surface area contributed by atoms with Gasteiger partial charge in [0.05, 0.1) is 6.20 Å². The highest BCUT2D eigenvalue weighted by Gasteiger charge is 2.21. The van der Waals surface area contributed by atoms with E-state index in [1.807, 2.05) is 13.8 Å². The molecule has 1 aromatic rings. The van der Waals surface area contributed by atoms with Crippen LogP contribution in [0.2, 0.25) is 0 Å². The average molecular weight is 246 g/mol. The Morgan fingerprint density at radius 2 is 2.31 bits per heavy atom. The molecule has 0 bridgehead atoms. The van der Waals surface area contributed by atoms with Crippen LogP contribution in [-0.4, -0.2) is 24.7 Å². The van der Waals surface area contributed by atoms with Crippen molar-refractivity contribution in [1.29, 1.82) is 0 Å². The maximum Gasteiger partial charge on any atom is 0.258 e. The molecule has 0 radical (unpaired) electrons. The minimum Gasteiger partial charge on any atom is -0.326 e. The SMILES string of the molecule is CCCC(C)NS(=O)(=O)c1[nH]ncc1CN. The number of H-pyrrole nitrogens is 1. The lowest BCUT2D eigenvalue weighted by Gasteiger charge is -2.12. The number of rotatable bonds is 6. The fourth-order valence-corrected chi connectivity index (χ4v) is 2.91. The number of hydrogen-bond donors (Lipinski definition) is 3. The molecular weight excluding hydrogens is 228 g/mol. The van der Waals surface area contributed by atoms with E-state index in [1.54, 1.807) is 0 Å². The summed E-state index contributed by atoms with van der Waals surface area (Å²) in [5.41, 5.74) is 5.93. The van der Waals surface area contributed by atoms with Crippen LogP contribution in [0.4, 0.5) is 0 Å². The standard InChI is InChI=1S/C9H18N4O2S/c1-3-4-7(2)13-16(14,15)9-8(5-10)6-11-12-9/h6-7,13H,3-5,10H2,1-2H3,(H,11,12). The summed E-state index contributed by atoms with van der Waals surface area (Å²) in [6.07, 6.45) is 3.15. The van der Waals surface area contributed by atoms with Crippen molar-refractivity contribution in [2.45, 2.75) is 44.3 Å². The Morgan fingerprint density at radius 3 is 2.88 bits per heavy atom. The third-order valence-corrected chi connectivity index (χ3v) is 3.85. The van der Waals surface area contributed by atoms with E-state index in [2.05, 4.69) is 14.9 Å². The molecular formula is C9H18N4O2S. The third kappa shape index (κ3) is 3.03. The van der Waals surface area contributed by atoms with E-state index in [1.165, 1.54) is 6.20 Å². The summed E-state index contributed by atoms with van der Waals surface area (Å²) in [6, 6.07) is -0.0936. The molecule has 1 unspecified atom stereocenters. The molecule has 0 saturated carbocycles. The van der Waals surface area contributed by atoms with Crippen LogP contribution in [0.3, 0.4) is 0 Å². The Hall–Kier alpha value is -0.920. The molecule has 1 rings (SSSR count). The first-order valence-corrected chi connectivity index (χ1v) is 6.74. The molecule has 0 amide bonds. The molecule has 16 heavy (non-hydrogen) atoms. The van der Waals surface area contributed by atoms with Gasteiger partial charge in [0.1, 0.15) is 0 Å². The monoisotopic (exact) mass is 246 g/mol. The van der Waals surface area contributed by atoms with Gasteiger partial charge in [-0.2, -0.15) is 5.10 Å². The summed E-state index contributed by atoms with van der Waals surface area (Å²) >= 11 is 0. The zero-order valence-electron chi connectivity index (χ0n) is 9.53. The van der Waals surface area contributed by atoms with Gasteiger partial charge in [-0.15, -0.1) is 0 Å². The van der Waals surface area contributed by atoms with E-state index in [0.29, 0.717) is 5.56 Å². The van der Waals surface area contributed by atoms with Crippen molar-refractivity contribution in [3.05, 3.63) is 11.8 Å². The molecule has 1 aromatic heterocycles. The quantitative estimate of drug-likeness (QED) is 0.673. The van der Waals surface area contributed by atoms with E-state index in [9.17, 15) is 8.42 Å². The first kappa shape index (κ1) is 13.1. The molecule has 6 nitrogen and oxygen atoms in total. The normalized spacial score (nSPS) is 13.9. The number of nitrogens with zero attached hydrogens (tertiary/aromatic N) is 1. The minimum atomic E-state index is -3.53. The number of nitrogens with one attached hydrogen (secondary N) is 2. The third-order valence-electron chi connectivity index (χ3n) is 2.24. The molecule has 0 fully saturated rings. The Balaban J connectivity index is 2.86. The van der Waals surface area contributed by atoms with Gasteiger partial charge in [0.25, 0.3) is 10.0 Å². The molecule has 0 aromatic carbocycles. The second-order valence-corrected chi connectivity index (χ2v) is 5.39. The van der Waals surface area contributed by atoms with Gasteiger partial charge in [0.2, 0.25) is 0 Å². The van der Waals surface area contributed by atoms with Crippen LogP contribution in [0.5, 0.6) is 0 Å². The smallest absolute Gasteiger partial charge is 0.258 e. The van der Waals surface area contributed by atoms with Crippen molar-refractivity contribution in [3.63, 3.8) is 0 Å². The Kier molecular flexibility index (Phi) is 4.45. The highest BCUT2D eigenvalue weighted by Crippen LogP contribution is 2.12. The van der Waals surface area contributed by atoms with Gasteiger partial charge >= 0.3 is 0 Å². The van der Waals surface area contributed by atoms with Crippen molar-refractivity contribution < 1.29 is 8.42 Å². The topological polar surface area (TPSA) is 101 Å². The van der Waals surface area contributed by atoms with Crippen LogP contribution in [0, 0.1) is 0 Å². The lowest BCUT2D eigenvalue weighted by Crippen LogP contribution is -2.33. The summed E-state index contributed by atoms with van der Waals surface area (Å²) in [7, 11) is -3.53. The molecule has 92 valence electrons. The van der Waals surface area contributed by atoms with Crippen molar-refractivity contribution in [2.75, 3.05) is 0 Å². The maximum absolute atomic E-state index is 11.9. The van der Waals surface area contributed by atoms with Crippen molar-refractivity contribution in [3.8, 4) is 0 Å². The predicted molar refractivity (Wildman–Crippen MR) is 61.2 cm³/mol. The highest BCUT2D eigenvalue weighted by atomic mass is 32.2. The summed E-state index contributed by atoms with van der Waals surface area (Å²) in [5.74, 6) is 0. The highest BCUT2D eigenvalue weighted by molar-refractivity contribution is 7.89. The lowest BCUT2D eigenvalue weighted by atomic mass is 10.2. The molecule has 0 aliphatic heterocycles. The van der Waals surface area contributed by atoms with E-state index in [0.717, 1.165) is 12.8 Å². The van der Waals surface area contributed by atoms with E-state index in [-0.39, 0.29) is 17.6 Å². The summed E-state index contributed by atoms with van der Waals surface area (Å²) in [6.45, 7) is 3.99. The van der Waals surface area contributed by atoms with E-state index >= 15 is 0 Å². The number of nitrogens with two attached hydrogens (primary N) is 1. The number of sulfonamides is 1. The van der Waals surface area contributed by atoms with Crippen LogP contribution in [-0.2, 0) is 16.6 Å². The van der Waals surface area contributed by atoms with Crippen LogP contribution in [0.1, 0.15) is 32.3 Å². The zero-order chi connectivity index (χ0) is 12.2. The fraction of sp³-hybridized carbons (Fsp3) is 0.667. The second-order valence-electron chi connectivity index (χ2n) is 3.74. The van der Waals surface area contributed by atoms with Crippen molar-refractivity contribution in [1.82, 2.24) is 14.9 Å². The molecule has 1 atom stereocenters. The van der Waals surface area contributed by atoms with Gasteiger partial charge in [0.15, 0.2) is 5.03 Å². The molecule has 0 spiro atoms. The summed E-state index contributed by atoms with van der Waals surface area (Å²) in [4.78, 5) is 0. The number of hydrogen-bond acceptors (Lipinski definition) is 4. The van der Waals surface area contributed by atoms with Crippen LogP contribution in [0.25, 0.3) is 0 Å². The predicted octanol–water partition coefficient (Wildman–Crippen LogP) is 0.335. The number of aromatic nitrogens is 2. The van der Waals surface area contributed by atoms with Crippen LogP contribution in [0.15, 0.2) is 11.2 Å². The van der Waals surface area contributed by atoms with Gasteiger partial charge in [0, 0.05) is 18.2 Å². The summed E-state index contributed by atoms with van der Waals surface area (Å²) in [5, 5.41) is 6.22. The van der Waals surface area contributed by atoms with E-state index < -0.39 is 10.0 Å². The average Bonchev–Trinajstić information content (AvgIpc) is 2.65. The molecule has 0 aliphatic carbocycles. The minimum absolute atomic E-state index is 0.0675. The zero-order valence-corrected chi connectivity index (χ0v) is 10.3. The van der Waals surface area contributed by atoms with Crippen molar-refractivity contribution >= 4 is 10.0 Å².